The van der Waals surface area contributed by atoms with E-state index >= 15 is 0 Å². The lowest BCUT2D eigenvalue weighted by Gasteiger charge is -2.29. The molecule has 0 bridgehead atoms. The maximum Gasteiger partial charge on any atom is 0.275 e. The molecule has 6 amide bonds. The van der Waals surface area contributed by atoms with Crippen LogP contribution < -0.4 is 16.4 Å². The molecule has 2 aromatic rings. The fraction of sp³-hybridized carbons (Fsp3) is 0.308. The van der Waals surface area contributed by atoms with Crippen molar-refractivity contribution in [1.82, 2.24) is 20.4 Å². The highest BCUT2D eigenvalue weighted by Gasteiger charge is 2.42. The number of amides is 6. The minimum atomic E-state index is -0.762. The average molecular weight is 930 g/mol. The van der Waals surface area contributed by atoms with Gasteiger partial charge in [0.25, 0.3) is 17.5 Å². The lowest BCUT2D eigenvalue weighted by atomic mass is 10.0. The lowest BCUT2D eigenvalue weighted by molar-refractivity contribution is -0.385. The number of hydrogen-bond donors (Lipinski definition) is 3. The van der Waals surface area contributed by atoms with Gasteiger partial charge in [-0.05, 0) is 31.0 Å². The van der Waals surface area contributed by atoms with Crippen LogP contribution in [0.4, 0.5) is 11.4 Å². The molecule has 0 radical (unpaired) electrons. The molecule has 4 heterocycles. The van der Waals surface area contributed by atoms with Crippen LogP contribution in [-0.2, 0) is 32.3 Å². The summed E-state index contributed by atoms with van der Waals surface area (Å²) in [5.74, 6) is -2.21. The number of rotatable bonds is 3. The van der Waals surface area contributed by atoms with Gasteiger partial charge in [0.1, 0.15) is 12.1 Å². The van der Waals surface area contributed by atoms with Gasteiger partial charge in [-0.1, -0.05) is 12.1 Å². The van der Waals surface area contributed by atoms with Crippen molar-refractivity contribution in [3.8, 4) is 0 Å². The Morgan fingerprint density at radius 1 is 0.767 bits per heavy atom. The van der Waals surface area contributed by atoms with Crippen molar-refractivity contribution in [2.24, 2.45) is 0 Å². The van der Waals surface area contributed by atoms with Gasteiger partial charge in [0.2, 0.25) is 23.6 Å². The number of benzene rings is 2. The van der Waals surface area contributed by atoms with Crippen molar-refractivity contribution < 1.29 is 33.7 Å². The first-order chi connectivity index (χ1) is 20.1. The van der Waals surface area contributed by atoms with Crippen LogP contribution in [0.1, 0.15) is 57.5 Å². The molecule has 2 atom stereocenters. The highest BCUT2D eigenvalue weighted by molar-refractivity contribution is 15.0. The van der Waals surface area contributed by atoms with Crippen LogP contribution in [-0.4, -0.2) is 62.2 Å². The highest BCUT2D eigenvalue weighted by atomic mass is 128. The minimum Gasteiger partial charge on any atom is -0.398 e. The molecule has 43 heavy (non-hydrogen) atoms. The summed E-state index contributed by atoms with van der Waals surface area (Å²) < 4.78 is 0. The SMILES string of the molecule is I.II.Nc1cccc2c1CN(C1CCC(=O)NC1=O)C2=O.O=C1CCC(N2Cc3c(cccc3[N+](=O)[O-])C2=O)C(=O)N1. The third kappa shape index (κ3) is 7.07. The van der Waals surface area contributed by atoms with Crippen molar-refractivity contribution in [2.75, 3.05) is 5.73 Å². The lowest BCUT2D eigenvalue weighted by Crippen LogP contribution is -2.52. The number of fused-ring (bicyclic) bond motifs is 2. The zero-order valence-electron chi connectivity index (χ0n) is 22.2. The summed E-state index contributed by atoms with van der Waals surface area (Å²) in [6.45, 7) is 0.338. The molecule has 2 unspecified atom stereocenters. The van der Waals surface area contributed by atoms with Crippen molar-refractivity contribution in [3.05, 3.63) is 68.8 Å². The molecule has 17 heteroatoms. The number of nitrogen functional groups attached to an aromatic ring is 1. The van der Waals surface area contributed by atoms with Gasteiger partial charge >= 0.3 is 0 Å². The number of nitro benzene ring substituents is 1. The van der Waals surface area contributed by atoms with Gasteiger partial charge in [-0.2, -0.15) is 0 Å². The van der Waals surface area contributed by atoms with Crippen molar-refractivity contribution in [2.45, 2.75) is 50.9 Å². The molecule has 2 saturated heterocycles. The van der Waals surface area contributed by atoms with E-state index in [9.17, 15) is 38.9 Å². The van der Waals surface area contributed by atoms with Crippen LogP contribution in [0.25, 0.3) is 0 Å². The molecule has 2 fully saturated rings. The van der Waals surface area contributed by atoms with E-state index < -0.39 is 34.7 Å². The Morgan fingerprint density at radius 3 is 1.65 bits per heavy atom. The number of piperidine rings is 2. The Bertz CT molecular complexity index is 1520. The summed E-state index contributed by atoms with van der Waals surface area (Å²) in [6.07, 6.45) is 1.01. The van der Waals surface area contributed by atoms with Gasteiger partial charge < -0.3 is 15.5 Å². The van der Waals surface area contributed by atoms with E-state index in [-0.39, 0.29) is 78.8 Å². The second kappa shape index (κ2) is 14.7. The molecule has 0 saturated carbocycles. The Hall–Kier alpha value is -2.95. The molecule has 4 aliphatic rings. The number of nitrogens with one attached hydrogen (secondary N) is 2. The zero-order valence-corrected chi connectivity index (χ0v) is 28.9. The quantitative estimate of drug-likeness (QED) is 0.136. The number of nitrogens with zero attached hydrogens (tertiary/aromatic N) is 3. The second-order valence-electron chi connectivity index (χ2n) is 9.73. The van der Waals surface area contributed by atoms with Crippen LogP contribution in [0.3, 0.4) is 0 Å². The van der Waals surface area contributed by atoms with Crippen LogP contribution in [0.5, 0.6) is 0 Å². The van der Waals surface area contributed by atoms with Crippen molar-refractivity contribution in [3.63, 3.8) is 0 Å². The van der Waals surface area contributed by atoms with E-state index in [4.69, 9.17) is 5.73 Å². The Balaban J connectivity index is 0.000000219. The van der Waals surface area contributed by atoms with Gasteiger partial charge in [-0.25, -0.2) is 0 Å². The average Bonchev–Trinajstić information content (AvgIpc) is 3.48. The topological polar surface area (TPSA) is 202 Å². The molecule has 4 aliphatic heterocycles. The van der Waals surface area contributed by atoms with E-state index in [0.717, 1.165) is 5.56 Å². The predicted molar refractivity (Wildman–Crippen MR) is 179 cm³/mol. The molecule has 228 valence electrons. The van der Waals surface area contributed by atoms with Gasteiger partial charge in [-0.15, -0.1) is 24.0 Å². The van der Waals surface area contributed by atoms with Crippen LogP contribution in [0, 0.1) is 10.1 Å². The zero-order chi connectivity index (χ0) is 30.7. The molecule has 0 aliphatic carbocycles. The van der Waals surface area contributed by atoms with Gasteiger partial charge in [-0.3, -0.25) is 49.5 Å². The largest absolute Gasteiger partial charge is 0.398 e. The Morgan fingerprint density at radius 2 is 1.21 bits per heavy atom. The Kier molecular flexibility index (Phi) is 11.8. The van der Waals surface area contributed by atoms with Crippen molar-refractivity contribution in [1.29, 1.82) is 0 Å². The van der Waals surface area contributed by atoms with E-state index in [1.807, 2.05) is 0 Å². The highest BCUT2D eigenvalue weighted by Crippen LogP contribution is 2.33. The predicted octanol–water partition coefficient (Wildman–Crippen LogP) is 2.78. The number of imide groups is 2. The fourth-order valence-electron chi connectivity index (χ4n) is 5.35. The second-order valence-corrected chi connectivity index (χ2v) is 9.73. The van der Waals surface area contributed by atoms with Gasteiger partial charge in [0.05, 0.1) is 22.6 Å². The molecule has 4 N–H and O–H groups in total. The number of carbonyl (C=O) groups excluding carboxylic acids is 6. The first-order valence-corrected chi connectivity index (χ1v) is 18.9. The standard InChI is InChI=1S/C13H11N3O5.C13H13N3O3.I2.HI/c17-11-5-4-10(12(18)14-11)15-6-8-7(13(15)19)2-1-3-9(8)16(20)21;14-9-3-1-2-7-8(9)6-16(13(7)19)10-4-5-11(17)15-12(10)18;1-2;/h1-3,10H,4-6H2,(H,14,17,18);1-3,10H,4-6,14H2,(H,15,17,18);;1H. The van der Waals surface area contributed by atoms with Crippen LogP contribution in [0.2, 0.25) is 0 Å². The minimum absolute atomic E-state index is 0. The molecule has 14 nitrogen and oxygen atoms in total. The maximum atomic E-state index is 12.3. The molecule has 0 spiro atoms. The first-order valence-electron chi connectivity index (χ1n) is 12.6. The number of anilines is 1. The smallest absolute Gasteiger partial charge is 0.275 e. The van der Waals surface area contributed by atoms with Crippen LogP contribution in [0.15, 0.2) is 36.4 Å². The normalized spacial score (nSPS) is 20.4. The summed E-state index contributed by atoms with van der Waals surface area (Å²) in [5, 5.41) is 15.5. The van der Waals surface area contributed by atoms with Crippen LogP contribution >= 0.6 is 61.2 Å². The third-order valence-electron chi connectivity index (χ3n) is 7.37. The number of halogens is 3. The van der Waals surface area contributed by atoms with Crippen molar-refractivity contribution >= 4 is 108 Å². The molecule has 2 aromatic carbocycles. The molecular weight excluding hydrogens is 905 g/mol. The molecule has 6 rings (SSSR count). The molecule has 0 aromatic heterocycles. The fourth-order valence-corrected chi connectivity index (χ4v) is 5.35. The van der Waals surface area contributed by atoms with E-state index in [1.165, 1.54) is 28.0 Å². The summed E-state index contributed by atoms with van der Waals surface area (Å²) in [6, 6.07) is 8.11. The van der Waals surface area contributed by atoms with E-state index in [0.29, 0.717) is 29.8 Å². The summed E-state index contributed by atoms with van der Waals surface area (Å²) in [7, 11) is 0. The first kappa shape index (κ1) is 34.5. The monoisotopic (exact) mass is 930 g/mol. The Labute approximate surface area is 285 Å². The number of nitro groups is 1. The van der Waals surface area contributed by atoms with Gasteiger partial charge in [0, 0.05) is 79.5 Å². The third-order valence-corrected chi connectivity index (χ3v) is 7.37. The van der Waals surface area contributed by atoms with Gasteiger partial charge in [0.15, 0.2) is 0 Å². The summed E-state index contributed by atoms with van der Waals surface area (Å²) in [4.78, 5) is 83.8. The van der Waals surface area contributed by atoms with E-state index in [1.54, 1.807) is 18.2 Å². The number of nitrogens with two attached hydrogens (primary N) is 1. The number of carbonyl (C=O) groups is 6. The summed E-state index contributed by atoms with van der Waals surface area (Å²) in [5.41, 5.74) is 8.14. The van der Waals surface area contributed by atoms with E-state index in [2.05, 4.69) is 47.9 Å². The number of hydrogen-bond acceptors (Lipinski definition) is 9. The molecular formula is C26H25I3N6O8. The summed E-state index contributed by atoms with van der Waals surface area (Å²) >= 11 is 4.24. The maximum absolute atomic E-state index is 12.3.